The molecule has 3 rings (SSSR count). The average Bonchev–Trinajstić information content (AvgIpc) is 2.67. The second-order valence-electron chi connectivity index (χ2n) is 8.13. The molecule has 0 aliphatic heterocycles. The molecule has 0 spiro atoms. The lowest BCUT2D eigenvalue weighted by Gasteiger charge is -2.50. The normalized spacial score (nSPS) is 30.5. The largest absolute Gasteiger partial charge is 0.497 e. The molecule has 2 aliphatic rings. The van der Waals surface area contributed by atoms with Crippen LogP contribution in [0.25, 0.3) is 0 Å². The summed E-state index contributed by atoms with van der Waals surface area (Å²) in [6, 6.07) is 6.70. The molecule has 0 amide bonds. The van der Waals surface area contributed by atoms with E-state index in [9.17, 15) is 0 Å². The van der Waals surface area contributed by atoms with Crippen molar-refractivity contribution in [3.8, 4) is 5.75 Å². The molecule has 0 radical (unpaired) electrons. The van der Waals surface area contributed by atoms with E-state index in [1.165, 1.54) is 37.7 Å². The molecule has 0 saturated heterocycles. The van der Waals surface area contributed by atoms with Crippen LogP contribution < -0.4 is 4.74 Å². The fourth-order valence-corrected chi connectivity index (χ4v) is 5.30. The quantitative estimate of drug-likeness (QED) is 0.270. The average molecular weight is 356 g/mol. The molecule has 1 fully saturated rings. The minimum atomic E-state index is 0.127. The molecule has 142 valence electrons. The van der Waals surface area contributed by atoms with E-state index in [1.807, 2.05) is 0 Å². The molecule has 0 unspecified atom stereocenters. The van der Waals surface area contributed by atoms with Gasteiger partial charge in [0.25, 0.3) is 0 Å². The minimum Gasteiger partial charge on any atom is -0.497 e. The van der Waals surface area contributed by atoms with Gasteiger partial charge >= 0.3 is 0 Å². The number of hydrogen-bond donors (Lipinski definition) is 0. The Hall–Kier alpha value is -1.77. The van der Waals surface area contributed by atoms with Crippen LogP contribution in [-0.4, -0.2) is 19.9 Å². The summed E-state index contributed by atoms with van der Waals surface area (Å²) in [6.45, 7) is 8.85. The summed E-state index contributed by atoms with van der Waals surface area (Å²) in [5.41, 5.74) is 3.18. The van der Waals surface area contributed by atoms with Gasteiger partial charge in [-0.25, -0.2) is 0 Å². The molecule has 4 atom stereocenters. The highest BCUT2D eigenvalue weighted by Gasteiger charge is 2.47. The molecule has 1 aromatic rings. The highest BCUT2D eigenvalue weighted by Crippen LogP contribution is 2.55. The smallest absolute Gasteiger partial charge is 0.135 e. The zero-order chi connectivity index (χ0) is 18.6. The molecular weight excluding hydrogens is 322 g/mol. The van der Waals surface area contributed by atoms with Gasteiger partial charge in [-0.05, 0) is 73.1 Å². The number of nitrogens with zero attached hydrogens (tertiary/aromatic N) is 1. The van der Waals surface area contributed by atoms with Crippen molar-refractivity contribution in [1.29, 1.82) is 0 Å². The van der Waals surface area contributed by atoms with Crippen molar-refractivity contribution in [2.45, 2.75) is 58.3 Å². The molecule has 1 saturated carbocycles. The number of hydrogen-bond acceptors (Lipinski definition) is 3. The third-order valence-electron chi connectivity index (χ3n) is 6.59. The molecule has 0 aromatic heterocycles. The number of benzene rings is 1. The Balaban J connectivity index is 1.85. The zero-order valence-corrected chi connectivity index (χ0v) is 16.5. The predicted molar refractivity (Wildman–Crippen MR) is 108 cm³/mol. The number of oxime groups is 1. The predicted octanol–water partition coefficient (Wildman–Crippen LogP) is 5.75. The second-order valence-corrected chi connectivity index (χ2v) is 8.13. The van der Waals surface area contributed by atoms with Gasteiger partial charge in [-0.2, -0.15) is 0 Å². The van der Waals surface area contributed by atoms with Gasteiger partial charge < -0.3 is 9.57 Å². The van der Waals surface area contributed by atoms with Crippen LogP contribution in [0.2, 0.25) is 0 Å². The van der Waals surface area contributed by atoms with Crippen LogP contribution in [0.5, 0.6) is 5.75 Å². The van der Waals surface area contributed by atoms with E-state index in [0.29, 0.717) is 18.4 Å². The van der Waals surface area contributed by atoms with E-state index in [1.54, 1.807) is 18.7 Å². The third kappa shape index (κ3) is 3.67. The van der Waals surface area contributed by atoms with Crippen molar-refractivity contribution in [1.82, 2.24) is 0 Å². The summed E-state index contributed by atoms with van der Waals surface area (Å²) in [7, 11) is 1.75. The van der Waals surface area contributed by atoms with Crippen molar-refractivity contribution < 1.29 is 9.57 Å². The van der Waals surface area contributed by atoms with Crippen LogP contribution in [0.4, 0.5) is 0 Å². The van der Waals surface area contributed by atoms with Gasteiger partial charge in [0.2, 0.25) is 0 Å². The Morgan fingerprint density at radius 3 is 2.92 bits per heavy atom. The summed E-state index contributed by atoms with van der Waals surface area (Å²) >= 11 is 0. The molecule has 3 heteroatoms. The second kappa shape index (κ2) is 8.28. The van der Waals surface area contributed by atoms with Gasteiger partial charge in [0.1, 0.15) is 12.4 Å². The number of fused-ring (bicyclic) bond motifs is 3. The van der Waals surface area contributed by atoms with E-state index < -0.39 is 0 Å². The lowest BCUT2D eigenvalue weighted by atomic mass is 9.54. The van der Waals surface area contributed by atoms with Gasteiger partial charge in [-0.1, -0.05) is 44.1 Å². The lowest BCUT2D eigenvalue weighted by Crippen LogP contribution is -2.43. The van der Waals surface area contributed by atoms with Crippen LogP contribution in [0.1, 0.15) is 63.0 Å². The van der Waals surface area contributed by atoms with Gasteiger partial charge in [0, 0.05) is 11.6 Å². The first-order chi connectivity index (χ1) is 12.6. The third-order valence-corrected chi connectivity index (χ3v) is 6.59. The maximum atomic E-state index is 5.43. The van der Waals surface area contributed by atoms with Crippen molar-refractivity contribution in [2.24, 2.45) is 22.4 Å². The maximum Gasteiger partial charge on any atom is 0.135 e. The summed E-state index contributed by atoms with van der Waals surface area (Å²) in [5.74, 6) is 3.06. The van der Waals surface area contributed by atoms with Crippen molar-refractivity contribution in [2.75, 3.05) is 13.7 Å². The molecule has 1 aromatic carbocycles. The van der Waals surface area contributed by atoms with Gasteiger partial charge in [0.15, 0.2) is 0 Å². The van der Waals surface area contributed by atoms with Crippen LogP contribution in [0, 0.1) is 17.3 Å². The van der Waals surface area contributed by atoms with E-state index in [4.69, 9.17) is 9.57 Å². The van der Waals surface area contributed by atoms with Crippen molar-refractivity contribution in [3.05, 3.63) is 42.0 Å². The Kier molecular flexibility index (Phi) is 6.05. The Bertz CT molecular complexity index is 654. The highest BCUT2D eigenvalue weighted by molar-refractivity contribution is 5.65. The molecule has 26 heavy (non-hydrogen) atoms. The monoisotopic (exact) mass is 355 g/mol. The van der Waals surface area contributed by atoms with E-state index in [0.717, 1.165) is 18.1 Å². The van der Waals surface area contributed by atoms with Crippen LogP contribution in [-0.2, 0) is 11.3 Å². The van der Waals surface area contributed by atoms with Crippen molar-refractivity contribution >= 4 is 6.21 Å². The summed E-state index contributed by atoms with van der Waals surface area (Å²) in [5, 5.41) is 4.28. The number of aryl methyl sites for hydroxylation is 1. The molecule has 3 nitrogen and oxygen atoms in total. The molecule has 0 N–H and O–H groups in total. The van der Waals surface area contributed by atoms with Crippen LogP contribution in [0.3, 0.4) is 0 Å². The summed E-state index contributed by atoms with van der Waals surface area (Å²) in [4.78, 5) is 5.33. The fourth-order valence-electron chi connectivity index (χ4n) is 5.30. The number of methoxy groups -OCH3 is 1. The SMILES string of the molecule is C=CCO/N=C/[C@@]1(C)CC[C@@H]2c3ccc(OC)cc3CC[C@H]2[C@@H]1CCC. The van der Waals surface area contributed by atoms with Crippen LogP contribution >= 0.6 is 0 Å². The fraction of sp³-hybridized carbons (Fsp3) is 0.609. The molecule has 2 aliphatic carbocycles. The number of ether oxygens (including phenoxy) is 1. The molecule has 0 heterocycles. The molecule has 0 bridgehead atoms. The Morgan fingerprint density at radius 2 is 2.19 bits per heavy atom. The first-order valence-corrected chi connectivity index (χ1v) is 10.1. The van der Waals surface area contributed by atoms with E-state index >= 15 is 0 Å². The maximum absolute atomic E-state index is 5.43. The molecular formula is C23H33NO2. The van der Waals surface area contributed by atoms with Crippen LogP contribution in [0.15, 0.2) is 36.0 Å². The van der Waals surface area contributed by atoms with Crippen molar-refractivity contribution in [3.63, 3.8) is 0 Å². The zero-order valence-electron chi connectivity index (χ0n) is 16.5. The van der Waals surface area contributed by atoms with Gasteiger partial charge in [-0.3, -0.25) is 0 Å². The minimum absolute atomic E-state index is 0.127. The van der Waals surface area contributed by atoms with Gasteiger partial charge in [-0.15, -0.1) is 0 Å². The Morgan fingerprint density at radius 1 is 1.35 bits per heavy atom. The summed E-state index contributed by atoms with van der Waals surface area (Å²) in [6.07, 6.45) is 11.2. The van der Waals surface area contributed by atoms with E-state index in [2.05, 4.69) is 50.0 Å². The topological polar surface area (TPSA) is 30.8 Å². The highest BCUT2D eigenvalue weighted by atomic mass is 16.6. The lowest BCUT2D eigenvalue weighted by molar-refractivity contribution is 0.0736. The summed E-state index contributed by atoms with van der Waals surface area (Å²) < 4.78 is 5.43. The van der Waals surface area contributed by atoms with E-state index in [-0.39, 0.29) is 5.41 Å². The first-order valence-electron chi connectivity index (χ1n) is 10.1. The Labute approximate surface area is 158 Å². The number of rotatable bonds is 7. The first kappa shape index (κ1) is 19.0. The standard InChI is InChI=1S/C23H33NO2/c1-5-7-22-21-10-8-17-15-18(25-4)9-11-19(17)20(21)12-13-23(22,3)16-24-26-14-6-2/h6,9,11,15-16,20-22H,2,5,7-8,10,12-14H2,1,3-4H3/b24-16+/t20-,21-,22+,23-/m1/s1. The van der Waals surface area contributed by atoms with Gasteiger partial charge in [0.05, 0.1) is 7.11 Å².